The van der Waals surface area contributed by atoms with Gasteiger partial charge in [0.1, 0.15) is 18.4 Å². The van der Waals surface area contributed by atoms with Gasteiger partial charge in [0.15, 0.2) is 11.6 Å². The summed E-state index contributed by atoms with van der Waals surface area (Å²) in [5, 5.41) is 2.77. The van der Waals surface area contributed by atoms with Crippen molar-refractivity contribution in [3.05, 3.63) is 101 Å². The van der Waals surface area contributed by atoms with Crippen LogP contribution in [0.1, 0.15) is 24.5 Å². The van der Waals surface area contributed by atoms with Crippen LogP contribution in [0, 0.1) is 17.5 Å². The molecular weight excluding hydrogens is 531 g/mol. The van der Waals surface area contributed by atoms with Crippen molar-refractivity contribution in [2.75, 3.05) is 23.7 Å². The van der Waals surface area contributed by atoms with Gasteiger partial charge in [0.05, 0.1) is 11.9 Å². The first-order chi connectivity index (χ1) is 18.5. The van der Waals surface area contributed by atoms with Gasteiger partial charge in [-0.25, -0.2) is 21.6 Å². The summed E-state index contributed by atoms with van der Waals surface area (Å²) < 4.78 is 68.1. The first kappa shape index (κ1) is 29.7. The van der Waals surface area contributed by atoms with Crippen LogP contribution in [0.4, 0.5) is 18.9 Å². The monoisotopic (exact) mass is 561 g/mol. The molecule has 11 heteroatoms. The molecule has 0 radical (unpaired) electrons. The highest BCUT2D eigenvalue weighted by Crippen LogP contribution is 2.23. The van der Waals surface area contributed by atoms with Crippen LogP contribution in [-0.4, -0.2) is 50.5 Å². The zero-order valence-electron chi connectivity index (χ0n) is 21.6. The quantitative estimate of drug-likeness (QED) is 0.362. The van der Waals surface area contributed by atoms with E-state index in [-0.39, 0.29) is 24.2 Å². The van der Waals surface area contributed by atoms with Crippen LogP contribution in [0.2, 0.25) is 0 Å². The van der Waals surface area contributed by atoms with E-state index in [2.05, 4.69) is 5.32 Å². The third kappa shape index (κ3) is 8.06. The number of hydrogen-bond acceptors (Lipinski definition) is 4. The molecule has 7 nitrogen and oxygen atoms in total. The number of benzene rings is 3. The summed E-state index contributed by atoms with van der Waals surface area (Å²) in [5.74, 6) is -4.42. The van der Waals surface area contributed by atoms with E-state index in [1.807, 2.05) is 6.92 Å². The molecule has 0 aromatic heterocycles. The highest BCUT2D eigenvalue weighted by molar-refractivity contribution is 7.92. The number of anilines is 1. The summed E-state index contributed by atoms with van der Waals surface area (Å²) in [6.45, 7) is 1.03. The molecule has 0 aliphatic heterocycles. The fraction of sp³-hybridized carbons (Fsp3) is 0.286. The van der Waals surface area contributed by atoms with E-state index in [9.17, 15) is 31.2 Å². The van der Waals surface area contributed by atoms with Crippen LogP contribution in [-0.2, 0) is 32.6 Å². The summed E-state index contributed by atoms with van der Waals surface area (Å²) in [6.07, 6.45) is 1.52. The molecular formula is C28H30F3N3O4S. The van der Waals surface area contributed by atoms with E-state index in [4.69, 9.17) is 0 Å². The molecule has 39 heavy (non-hydrogen) atoms. The summed E-state index contributed by atoms with van der Waals surface area (Å²) in [4.78, 5) is 28.3. The number of nitrogens with one attached hydrogen (secondary N) is 1. The van der Waals surface area contributed by atoms with E-state index < -0.39 is 51.9 Å². The van der Waals surface area contributed by atoms with Gasteiger partial charge in [-0.2, -0.15) is 0 Å². The maximum Gasteiger partial charge on any atom is 0.244 e. The van der Waals surface area contributed by atoms with Gasteiger partial charge < -0.3 is 10.2 Å². The Hall–Kier alpha value is -3.86. The van der Waals surface area contributed by atoms with Gasteiger partial charge in [-0.3, -0.25) is 13.9 Å². The molecule has 0 fully saturated rings. The van der Waals surface area contributed by atoms with Gasteiger partial charge in [-0.15, -0.1) is 0 Å². The maximum atomic E-state index is 14.7. The van der Waals surface area contributed by atoms with Crippen molar-refractivity contribution >= 4 is 27.5 Å². The minimum absolute atomic E-state index is 0.0701. The fourth-order valence-corrected chi connectivity index (χ4v) is 4.83. The van der Waals surface area contributed by atoms with Crippen LogP contribution in [0.5, 0.6) is 0 Å². The summed E-state index contributed by atoms with van der Waals surface area (Å²) >= 11 is 0. The second kappa shape index (κ2) is 13.3. The predicted molar refractivity (Wildman–Crippen MR) is 143 cm³/mol. The number of carbonyl (C=O) groups is 2. The third-order valence-electron chi connectivity index (χ3n) is 5.99. The molecule has 0 aliphatic carbocycles. The first-order valence-corrected chi connectivity index (χ1v) is 14.1. The number of sulfonamides is 1. The van der Waals surface area contributed by atoms with Crippen molar-refractivity contribution in [2.24, 2.45) is 0 Å². The Bertz CT molecular complexity index is 1400. The number of halogens is 3. The highest BCUT2D eigenvalue weighted by Gasteiger charge is 2.33. The number of rotatable bonds is 12. The standard InChI is InChI=1S/C28H30F3N3O4S/c1-3-15-32-28(36)26(16-20-9-5-4-6-10-20)33(18-21-11-7-8-12-23(21)29)27(35)19-34(39(2,37)38)22-13-14-24(30)25(31)17-22/h4-14,17,26H,3,15-16,18-19H2,1-2H3,(H,32,36)/t26-/m1/s1. The molecule has 0 saturated heterocycles. The lowest BCUT2D eigenvalue weighted by atomic mass is 10.0. The molecule has 3 aromatic rings. The van der Waals surface area contributed by atoms with Gasteiger partial charge in [0.25, 0.3) is 0 Å². The smallest absolute Gasteiger partial charge is 0.244 e. The van der Waals surface area contributed by atoms with Gasteiger partial charge in [0, 0.05) is 31.1 Å². The Balaban J connectivity index is 2.06. The molecule has 0 bridgehead atoms. The average Bonchev–Trinajstić information content (AvgIpc) is 2.90. The van der Waals surface area contributed by atoms with E-state index in [1.54, 1.807) is 36.4 Å². The molecule has 0 spiro atoms. The van der Waals surface area contributed by atoms with E-state index in [0.29, 0.717) is 23.3 Å². The second-order valence-corrected chi connectivity index (χ2v) is 10.9. The Labute approximate surface area is 226 Å². The zero-order valence-corrected chi connectivity index (χ0v) is 22.4. The zero-order chi connectivity index (χ0) is 28.6. The lowest BCUT2D eigenvalue weighted by molar-refractivity contribution is -0.140. The summed E-state index contributed by atoms with van der Waals surface area (Å²) in [5.41, 5.74) is 0.567. The van der Waals surface area contributed by atoms with Crippen molar-refractivity contribution in [3.63, 3.8) is 0 Å². The Morgan fingerprint density at radius 1 is 0.897 bits per heavy atom. The third-order valence-corrected chi connectivity index (χ3v) is 7.13. The Morgan fingerprint density at radius 2 is 1.56 bits per heavy atom. The fourth-order valence-electron chi connectivity index (χ4n) is 3.98. The normalized spacial score (nSPS) is 12.0. The van der Waals surface area contributed by atoms with Crippen molar-refractivity contribution in [3.8, 4) is 0 Å². The van der Waals surface area contributed by atoms with Gasteiger partial charge >= 0.3 is 0 Å². The molecule has 208 valence electrons. The predicted octanol–water partition coefficient (Wildman–Crippen LogP) is 4.04. The van der Waals surface area contributed by atoms with E-state index in [0.717, 1.165) is 28.9 Å². The molecule has 2 amide bonds. The van der Waals surface area contributed by atoms with Crippen LogP contribution in [0.25, 0.3) is 0 Å². The van der Waals surface area contributed by atoms with Crippen LogP contribution >= 0.6 is 0 Å². The van der Waals surface area contributed by atoms with E-state index >= 15 is 0 Å². The van der Waals surface area contributed by atoms with Crippen molar-refractivity contribution in [1.29, 1.82) is 0 Å². The molecule has 1 N–H and O–H groups in total. The minimum Gasteiger partial charge on any atom is -0.354 e. The van der Waals surface area contributed by atoms with Crippen molar-refractivity contribution in [1.82, 2.24) is 10.2 Å². The Morgan fingerprint density at radius 3 is 2.18 bits per heavy atom. The lowest BCUT2D eigenvalue weighted by Crippen LogP contribution is -2.53. The number of hydrogen-bond donors (Lipinski definition) is 1. The second-order valence-electron chi connectivity index (χ2n) is 8.98. The average molecular weight is 562 g/mol. The molecule has 0 saturated carbocycles. The van der Waals surface area contributed by atoms with Crippen molar-refractivity contribution < 1.29 is 31.2 Å². The molecule has 3 aromatic carbocycles. The van der Waals surface area contributed by atoms with Crippen LogP contribution in [0.3, 0.4) is 0 Å². The van der Waals surface area contributed by atoms with Gasteiger partial charge in [-0.1, -0.05) is 55.5 Å². The SMILES string of the molecule is CCCNC(=O)[C@@H](Cc1ccccc1)N(Cc1ccccc1F)C(=O)CN(c1ccc(F)c(F)c1)S(C)(=O)=O. The lowest BCUT2D eigenvalue weighted by Gasteiger charge is -2.33. The number of nitrogens with zero attached hydrogens (tertiary/aromatic N) is 2. The minimum atomic E-state index is -4.15. The first-order valence-electron chi connectivity index (χ1n) is 12.3. The molecule has 0 unspecified atom stereocenters. The highest BCUT2D eigenvalue weighted by atomic mass is 32.2. The molecule has 0 aliphatic rings. The van der Waals surface area contributed by atoms with E-state index in [1.165, 1.54) is 18.2 Å². The molecule has 3 rings (SSSR count). The summed E-state index contributed by atoms with van der Waals surface area (Å²) in [7, 11) is -4.15. The topological polar surface area (TPSA) is 86.8 Å². The Kier molecular flexibility index (Phi) is 10.1. The largest absolute Gasteiger partial charge is 0.354 e. The van der Waals surface area contributed by atoms with Crippen LogP contribution in [0.15, 0.2) is 72.8 Å². The maximum absolute atomic E-state index is 14.7. The number of amides is 2. The van der Waals surface area contributed by atoms with Gasteiger partial charge in [-0.05, 0) is 30.2 Å². The van der Waals surface area contributed by atoms with Crippen LogP contribution < -0.4 is 9.62 Å². The van der Waals surface area contributed by atoms with Crippen molar-refractivity contribution in [2.45, 2.75) is 32.4 Å². The number of carbonyl (C=O) groups excluding carboxylic acids is 2. The molecule has 0 heterocycles. The van der Waals surface area contributed by atoms with Gasteiger partial charge in [0.2, 0.25) is 21.8 Å². The summed E-state index contributed by atoms with van der Waals surface area (Å²) in [6, 6.07) is 15.9. The molecule has 1 atom stereocenters.